The molecule has 1 aliphatic heterocycles. The van der Waals surface area contributed by atoms with E-state index in [1.54, 1.807) is 11.3 Å². The summed E-state index contributed by atoms with van der Waals surface area (Å²) in [5.41, 5.74) is 0. The van der Waals surface area contributed by atoms with Gasteiger partial charge < -0.3 is 10.0 Å². The van der Waals surface area contributed by atoms with E-state index in [2.05, 4.69) is 9.88 Å². The molecule has 1 aromatic heterocycles. The van der Waals surface area contributed by atoms with Crippen LogP contribution in [-0.4, -0.2) is 41.2 Å². The van der Waals surface area contributed by atoms with E-state index in [0.717, 1.165) is 13.0 Å². The average molecular weight is 254 g/mol. The molecule has 0 bridgehead atoms. The summed E-state index contributed by atoms with van der Waals surface area (Å²) in [6.45, 7) is 5.91. The van der Waals surface area contributed by atoms with Crippen LogP contribution in [-0.2, 0) is 6.42 Å². The van der Waals surface area contributed by atoms with Gasteiger partial charge in [0.05, 0.1) is 11.6 Å². The zero-order valence-corrected chi connectivity index (χ0v) is 11.4. The van der Waals surface area contributed by atoms with Gasteiger partial charge in [0.1, 0.15) is 0 Å². The Bertz CT molecular complexity index is 334. The van der Waals surface area contributed by atoms with Crippen LogP contribution in [0.5, 0.6) is 0 Å². The third-order valence-electron chi connectivity index (χ3n) is 3.42. The maximum Gasteiger partial charge on any atom is 0.0940 e. The Morgan fingerprint density at radius 3 is 2.88 bits per heavy atom. The van der Waals surface area contributed by atoms with Gasteiger partial charge in [0.2, 0.25) is 0 Å². The minimum absolute atomic E-state index is 0.216. The fraction of sp³-hybridized carbons (Fsp3) is 0.769. The SMILES string of the molecule is CC(CO)c1cnc(CCN2CCCCC2)s1. The normalized spacial score (nSPS) is 19.4. The molecule has 17 heavy (non-hydrogen) atoms. The summed E-state index contributed by atoms with van der Waals surface area (Å²) in [7, 11) is 0. The number of rotatable bonds is 5. The van der Waals surface area contributed by atoms with E-state index in [1.165, 1.54) is 42.2 Å². The number of hydrogen-bond donors (Lipinski definition) is 1. The van der Waals surface area contributed by atoms with Crippen LogP contribution in [0.25, 0.3) is 0 Å². The van der Waals surface area contributed by atoms with Gasteiger partial charge in [0.15, 0.2) is 0 Å². The fourth-order valence-corrected chi connectivity index (χ4v) is 3.15. The number of aliphatic hydroxyl groups is 1. The molecule has 1 unspecified atom stereocenters. The third kappa shape index (κ3) is 3.76. The Kier molecular flexibility index (Phi) is 4.95. The molecule has 0 amide bonds. The summed E-state index contributed by atoms with van der Waals surface area (Å²) in [5.74, 6) is 0.233. The van der Waals surface area contributed by atoms with Crippen LogP contribution in [0.15, 0.2) is 6.20 Å². The van der Waals surface area contributed by atoms with E-state index in [0.29, 0.717) is 0 Å². The van der Waals surface area contributed by atoms with Crippen LogP contribution >= 0.6 is 11.3 Å². The number of aliphatic hydroxyl groups excluding tert-OH is 1. The average Bonchev–Trinajstić information content (AvgIpc) is 2.85. The first-order chi connectivity index (χ1) is 8.29. The van der Waals surface area contributed by atoms with Gasteiger partial charge in [-0.25, -0.2) is 4.98 Å². The lowest BCUT2D eigenvalue weighted by Crippen LogP contribution is -2.31. The first-order valence-corrected chi connectivity index (χ1v) is 7.39. The number of hydrogen-bond acceptors (Lipinski definition) is 4. The van der Waals surface area contributed by atoms with Crippen LogP contribution in [0.2, 0.25) is 0 Å². The second-order valence-electron chi connectivity index (χ2n) is 4.89. The first kappa shape index (κ1) is 13.0. The highest BCUT2D eigenvalue weighted by Gasteiger charge is 2.12. The number of thiazole rings is 1. The van der Waals surface area contributed by atoms with Crippen molar-refractivity contribution in [2.45, 2.75) is 38.5 Å². The molecule has 0 aliphatic carbocycles. The molecule has 1 fully saturated rings. The predicted octanol–water partition coefficient (Wildman–Crippen LogP) is 2.27. The van der Waals surface area contributed by atoms with Crippen molar-refractivity contribution in [2.24, 2.45) is 0 Å². The van der Waals surface area contributed by atoms with Crippen LogP contribution < -0.4 is 0 Å². The molecule has 2 rings (SSSR count). The number of aromatic nitrogens is 1. The van der Waals surface area contributed by atoms with Crippen LogP contribution in [0, 0.1) is 0 Å². The standard InChI is InChI=1S/C13H22N2OS/c1-11(10-16)12-9-14-13(17-12)5-8-15-6-3-2-4-7-15/h9,11,16H,2-8,10H2,1H3. The topological polar surface area (TPSA) is 36.4 Å². The Balaban J connectivity index is 1.80. The maximum atomic E-state index is 9.10. The van der Waals surface area contributed by atoms with E-state index < -0.39 is 0 Å². The highest BCUT2D eigenvalue weighted by Crippen LogP contribution is 2.22. The Morgan fingerprint density at radius 2 is 2.18 bits per heavy atom. The van der Waals surface area contributed by atoms with Crippen molar-refractivity contribution in [2.75, 3.05) is 26.2 Å². The van der Waals surface area contributed by atoms with E-state index in [9.17, 15) is 0 Å². The van der Waals surface area contributed by atoms with Crippen LogP contribution in [0.4, 0.5) is 0 Å². The smallest absolute Gasteiger partial charge is 0.0940 e. The minimum atomic E-state index is 0.216. The lowest BCUT2D eigenvalue weighted by Gasteiger charge is -2.25. The van der Waals surface area contributed by atoms with E-state index in [4.69, 9.17) is 5.11 Å². The highest BCUT2D eigenvalue weighted by molar-refractivity contribution is 7.11. The molecule has 0 spiro atoms. The maximum absolute atomic E-state index is 9.10. The Labute approximate surface area is 107 Å². The van der Waals surface area contributed by atoms with Crippen LogP contribution in [0.3, 0.4) is 0 Å². The van der Waals surface area contributed by atoms with E-state index in [-0.39, 0.29) is 12.5 Å². The number of nitrogens with zero attached hydrogens (tertiary/aromatic N) is 2. The van der Waals surface area contributed by atoms with Gasteiger partial charge in [-0.2, -0.15) is 0 Å². The van der Waals surface area contributed by atoms with Crippen LogP contribution in [0.1, 0.15) is 42.0 Å². The molecule has 96 valence electrons. The minimum Gasteiger partial charge on any atom is -0.396 e. The number of piperidine rings is 1. The zero-order valence-electron chi connectivity index (χ0n) is 10.6. The second-order valence-corrected chi connectivity index (χ2v) is 6.04. The summed E-state index contributed by atoms with van der Waals surface area (Å²) in [5, 5.41) is 10.3. The van der Waals surface area contributed by atoms with Crippen molar-refractivity contribution in [3.63, 3.8) is 0 Å². The molecular weight excluding hydrogens is 232 g/mol. The summed E-state index contributed by atoms with van der Waals surface area (Å²) in [4.78, 5) is 8.20. The van der Waals surface area contributed by atoms with Gasteiger partial charge >= 0.3 is 0 Å². The third-order valence-corrected chi connectivity index (χ3v) is 4.71. The first-order valence-electron chi connectivity index (χ1n) is 6.57. The molecule has 0 radical (unpaired) electrons. The fourth-order valence-electron chi connectivity index (χ4n) is 2.19. The van der Waals surface area contributed by atoms with E-state index >= 15 is 0 Å². The van der Waals surface area contributed by atoms with Crippen molar-refractivity contribution >= 4 is 11.3 Å². The summed E-state index contributed by atoms with van der Waals surface area (Å²) >= 11 is 1.76. The number of likely N-dealkylation sites (tertiary alicyclic amines) is 1. The summed E-state index contributed by atoms with van der Waals surface area (Å²) in [6.07, 6.45) is 7.08. The molecule has 1 aliphatic rings. The van der Waals surface area contributed by atoms with Gasteiger partial charge in [-0.1, -0.05) is 13.3 Å². The van der Waals surface area contributed by atoms with Gasteiger partial charge in [-0.05, 0) is 25.9 Å². The summed E-state index contributed by atoms with van der Waals surface area (Å²) < 4.78 is 0. The molecule has 4 heteroatoms. The Morgan fingerprint density at radius 1 is 1.41 bits per heavy atom. The molecule has 0 saturated carbocycles. The predicted molar refractivity (Wildman–Crippen MR) is 71.6 cm³/mol. The Hall–Kier alpha value is -0.450. The molecule has 3 nitrogen and oxygen atoms in total. The van der Waals surface area contributed by atoms with Crippen molar-refractivity contribution in [3.8, 4) is 0 Å². The van der Waals surface area contributed by atoms with Crippen molar-refractivity contribution in [3.05, 3.63) is 16.1 Å². The van der Waals surface area contributed by atoms with Crippen molar-refractivity contribution in [1.82, 2.24) is 9.88 Å². The lowest BCUT2D eigenvalue weighted by atomic mass is 10.1. The second kappa shape index (κ2) is 6.47. The molecular formula is C13H22N2OS. The van der Waals surface area contributed by atoms with Gasteiger partial charge in [-0.15, -0.1) is 11.3 Å². The van der Waals surface area contributed by atoms with Gasteiger partial charge in [0, 0.05) is 30.0 Å². The van der Waals surface area contributed by atoms with Gasteiger partial charge in [0.25, 0.3) is 0 Å². The monoisotopic (exact) mass is 254 g/mol. The zero-order chi connectivity index (χ0) is 12.1. The lowest BCUT2D eigenvalue weighted by molar-refractivity contribution is 0.231. The molecule has 1 atom stereocenters. The molecule has 1 saturated heterocycles. The van der Waals surface area contributed by atoms with Crippen molar-refractivity contribution in [1.29, 1.82) is 0 Å². The van der Waals surface area contributed by atoms with E-state index in [1.807, 2.05) is 13.1 Å². The van der Waals surface area contributed by atoms with Gasteiger partial charge in [-0.3, -0.25) is 0 Å². The largest absolute Gasteiger partial charge is 0.396 e. The molecule has 2 heterocycles. The molecule has 0 aromatic carbocycles. The highest BCUT2D eigenvalue weighted by atomic mass is 32.1. The molecule has 1 N–H and O–H groups in total. The summed E-state index contributed by atoms with van der Waals surface area (Å²) in [6, 6.07) is 0. The molecule has 1 aromatic rings. The van der Waals surface area contributed by atoms with Crippen molar-refractivity contribution < 1.29 is 5.11 Å². The quantitative estimate of drug-likeness (QED) is 0.875.